The molecule has 1 aromatic carbocycles. The van der Waals surface area contributed by atoms with Crippen molar-refractivity contribution in [2.75, 3.05) is 11.5 Å². The second-order valence-corrected chi connectivity index (χ2v) is 9.28. The Hall–Kier alpha value is -1.90. The molecular weight excluding hydrogens is 376 g/mol. The van der Waals surface area contributed by atoms with Crippen LogP contribution in [0.4, 0.5) is 0 Å². The minimum absolute atomic E-state index is 0.0197. The Morgan fingerprint density at radius 3 is 2.72 bits per heavy atom. The Bertz CT molecular complexity index is 1050. The molecule has 3 aromatic rings. The molecule has 0 spiro atoms. The summed E-state index contributed by atoms with van der Waals surface area (Å²) in [5, 5.41) is 2.92. The molecule has 2 heterocycles. The molecule has 0 saturated carbocycles. The van der Waals surface area contributed by atoms with Crippen molar-refractivity contribution in [3.05, 3.63) is 64.8 Å². The van der Waals surface area contributed by atoms with E-state index in [2.05, 4.69) is 11.6 Å². The summed E-state index contributed by atoms with van der Waals surface area (Å²) in [6.07, 6.45) is 1.63. The van der Waals surface area contributed by atoms with Gasteiger partial charge in [0.15, 0.2) is 15.0 Å². The minimum atomic E-state index is -3.35. The number of sulfone groups is 1. The van der Waals surface area contributed by atoms with Crippen LogP contribution in [0.3, 0.4) is 0 Å². The molecule has 0 amide bonds. The van der Waals surface area contributed by atoms with Crippen molar-refractivity contribution in [1.82, 2.24) is 9.55 Å². The van der Waals surface area contributed by atoms with Crippen molar-refractivity contribution in [3.63, 3.8) is 0 Å². The molecule has 0 unspecified atom stereocenters. The first kappa shape index (κ1) is 17.9. The van der Waals surface area contributed by atoms with Crippen LogP contribution in [0.25, 0.3) is 10.2 Å². The van der Waals surface area contributed by atoms with Crippen molar-refractivity contribution in [3.8, 4) is 0 Å². The third kappa shape index (κ3) is 3.86. The third-order valence-corrected chi connectivity index (χ3v) is 7.32. The van der Waals surface area contributed by atoms with Crippen molar-refractivity contribution in [1.29, 1.82) is 0 Å². The van der Waals surface area contributed by atoms with E-state index in [-0.39, 0.29) is 11.3 Å². The van der Waals surface area contributed by atoms with Gasteiger partial charge in [0.25, 0.3) is 5.56 Å². The minimum Gasteiger partial charge on any atom is -0.283 e. The van der Waals surface area contributed by atoms with Gasteiger partial charge in [0.1, 0.15) is 4.83 Å². The zero-order chi connectivity index (χ0) is 17.9. The Labute approximate surface area is 154 Å². The highest BCUT2D eigenvalue weighted by molar-refractivity contribution is 8.00. The zero-order valence-corrected chi connectivity index (χ0v) is 15.7. The maximum atomic E-state index is 12.5. The normalized spacial score (nSPS) is 11.7. The zero-order valence-electron chi connectivity index (χ0n) is 13.3. The highest BCUT2D eigenvalue weighted by Gasteiger charge is 2.16. The number of thioether (sulfide) groups is 1. The van der Waals surface area contributed by atoms with Gasteiger partial charge in [-0.2, -0.15) is 0 Å². The monoisotopic (exact) mass is 392 g/mol. The van der Waals surface area contributed by atoms with Crippen LogP contribution in [0.5, 0.6) is 0 Å². The first-order valence-electron chi connectivity index (χ1n) is 7.52. The van der Waals surface area contributed by atoms with Crippen LogP contribution < -0.4 is 5.56 Å². The van der Waals surface area contributed by atoms with Crippen LogP contribution in [-0.4, -0.2) is 29.5 Å². The smallest absolute Gasteiger partial charge is 0.263 e. The Morgan fingerprint density at radius 2 is 2.00 bits per heavy atom. The molecule has 130 valence electrons. The van der Waals surface area contributed by atoms with Gasteiger partial charge in [0.2, 0.25) is 0 Å². The molecule has 0 atom stereocenters. The van der Waals surface area contributed by atoms with E-state index in [0.717, 1.165) is 0 Å². The van der Waals surface area contributed by atoms with Crippen LogP contribution in [0.15, 0.2) is 69.3 Å². The number of nitrogens with zero attached hydrogens (tertiary/aromatic N) is 2. The van der Waals surface area contributed by atoms with E-state index >= 15 is 0 Å². The van der Waals surface area contributed by atoms with E-state index in [1.807, 2.05) is 5.38 Å². The second kappa shape index (κ2) is 7.55. The topological polar surface area (TPSA) is 69.0 Å². The number of hydrogen-bond acceptors (Lipinski definition) is 6. The number of fused-ring (bicyclic) bond motifs is 1. The summed E-state index contributed by atoms with van der Waals surface area (Å²) >= 11 is 2.67. The average Bonchev–Trinajstić information content (AvgIpc) is 3.07. The van der Waals surface area contributed by atoms with Crippen molar-refractivity contribution in [2.45, 2.75) is 16.6 Å². The summed E-state index contributed by atoms with van der Waals surface area (Å²) in [7, 11) is -3.35. The second-order valence-electron chi connectivity index (χ2n) is 5.22. The van der Waals surface area contributed by atoms with Crippen LogP contribution in [0.2, 0.25) is 0 Å². The van der Waals surface area contributed by atoms with Crippen molar-refractivity contribution in [2.24, 2.45) is 0 Å². The molecule has 3 rings (SSSR count). The number of benzene rings is 1. The SMILES string of the molecule is C=CCn1c(SCCS(=O)(=O)c2ccccc2)nc2sccc2c1=O. The van der Waals surface area contributed by atoms with Gasteiger partial charge >= 0.3 is 0 Å². The maximum absolute atomic E-state index is 12.5. The Kier molecular flexibility index (Phi) is 5.41. The highest BCUT2D eigenvalue weighted by atomic mass is 32.2. The maximum Gasteiger partial charge on any atom is 0.263 e. The Balaban J connectivity index is 1.82. The summed E-state index contributed by atoms with van der Waals surface area (Å²) in [6, 6.07) is 10.1. The highest BCUT2D eigenvalue weighted by Crippen LogP contribution is 2.22. The number of thiophene rings is 1. The fraction of sp³-hybridized carbons (Fsp3) is 0.176. The lowest BCUT2D eigenvalue weighted by atomic mass is 10.4. The van der Waals surface area contributed by atoms with Crippen LogP contribution in [-0.2, 0) is 16.4 Å². The molecule has 5 nitrogen and oxygen atoms in total. The molecule has 0 saturated heterocycles. The standard InChI is InChI=1S/C17H16N2O3S3/c1-2-9-19-16(20)14-8-10-23-15(14)18-17(19)24-11-12-25(21,22)13-6-4-3-5-7-13/h2-8,10H,1,9,11-12H2. The van der Waals surface area contributed by atoms with Gasteiger partial charge in [-0.3, -0.25) is 9.36 Å². The van der Waals surface area contributed by atoms with Gasteiger partial charge in [-0.05, 0) is 23.6 Å². The first-order valence-corrected chi connectivity index (χ1v) is 11.0. The van der Waals surface area contributed by atoms with E-state index < -0.39 is 9.84 Å². The molecule has 25 heavy (non-hydrogen) atoms. The molecular formula is C17H16N2O3S3. The van der Waals surface area contributed by atoms with Crippen LogP contribution in [0.1, 0.15) is 0 Å². The molecule has 0 N–H and O–H groups in total. The fourth-order valence-electron chi connectivity index (χ4n) is 2.32. The molecule has 0 radical (unpaired) electrons. The van der Waals surface area contributed by atoms with Gasteiger partial charge < -0.3 is 0 Å². The molecule has 0 aliphatic heterocycles. The molecule has 2 aromatic heterocycles. The average molecular weight is 393 g/mol. The van der Waals surface area contributed by atoms with E-state index in [1.54, 1.807) is 42.5 Å². The third-order valence-electron chi connectivity index (χ3n) is 3.55. The summed E-state index contributed by atoms with van der Waals surface area (Å²) in [4.78, 5) is 18.0. The van der Waals surface area contributed by atoms with Gasteiger partial charge in [-0.1, -0.05) is 36.0 Å². The Morgan fingerprint density at radius 1 is 1.24 bits per heavy atom. The summed E-state index contributed by atoms with van der Waals surface area (Å²) in [5.41, 5.74) is -0.125. The summed E-state index contributed by atoms with van der Waals surface area (Å²) in [6.45, 7) is 4.01. The fourth-order valence-corrected chi connectivity index (χ4v) is 5.80. The van der Waals surface area contributed by atoms with Gasteiger partial charge in [-0.25, -0.2) is 13.4 Å². The van der Waals surface area contributed by atoms with Crippen molar-refractivity contribution >= 4 is 43.2 Å². The van der Waals surface area contributed by atoms with Gasteiger partial charge in [0.05, 0.1) is 16.0 Å². The molecule has 0 fully saturated rings. The van der Waals surface area contributed by atoms with E-state index in [9.17, 15) is 13.2 Å². The molecule has 8 heteroatoms. The van der Waals surface area contributed by atoms with E-state index in [4.69, 9.17) is 0 Å². The lowest BCUT2D eigenvalue weighted by molar-refractivity contribution is 0.597. The number of hydrogen-bond donors (Lipinski definition) is 0. The van der Waals surface area contributed by atoms with Crippen LogP contribution >= 0.6 is 23.1 Å². The number of aromatic nitrogens is 2. The predicted molar refractivity (Wildman–Crippen MR) is 103 cm³/mol. The summed E-state index contributed by atoms with van der Waals surface area (Å²) in [5.74, 6) is 0.297. The largest absolute Gasteiger partial charge is 0.283 e. The molecule has 0 bridgehead atoms. The van der Waals surface area contributed by atoms with E-state index in [1.165, 1.54) is 27.7 Å². The lowest BCUT2D eigenvalue weighted by Crippen LogP contribution is -2.22. The quantitative estimate of drug-likeness (QED) is 0.351. The summed E-state index contributed by atoms with van der Waals surface area (Å²) < 4.78 is 26.2. The van der Waals surface area contributed by atoms with Crippen molar-refractivity contribution < 1.29 is 8.42 Å². The lowest BCUT2D eigenvalue weighted by Gasteiger charge is -2.10. The predicted octanol–water partition coefficient (Wildman–Crippen LogP) is 3.21. The van der Waals surface area contributed by atoms with Crippen LogP contribution in [0, 0.1) is 0 Å². The molecule has 0 aliphatic carbocycles. The number of rotatable bonds is 7. The first-order chi connectivity index (χ1) is 12.0. The van der Waals surface area contributed by atoms with Gasteiger partial charge in [-0.15, -0.1) is 17.9 Å². The molecule has 0 aliphatic rings. The van der Waals surface area contributed by atoms with E-state index in [0.29, 0.717) is 32.6 Å². The number of allylic oxidation sites excluding steroid dienone is 1. The van der Waals surface area contributed by atoms with Gasteiger partial charge in [0, 0.05) is 12.3 Å².